The highest BCUT2D eigenvalue weighted by Gasteiger charge is 2.09. The van der Waals surface area contributed by atoms with Gasteiger partial charge in [-0.05, 0) is 25.2 Å². The van der Waals surface area contributed by atoms with E-state index < -0.39 is 5.97 Å². The molecule has 0 radical (unpaired) electrons. The largest absolute Gasteiger partial charge is 0.481 e. The maximum atomic E-state index is 11.6. The van der Waals surface area contributed by atoms with Crippen LogP contribution in [0.5, 0.6) is 0 Å². The number of fused-ring (bicyclic) bond motifs is 1. The van der Waals surface area contributed by atoms with Crippen molar-refractivity contribution in [1.82, 2.24) is 15.3 Å². The lowest BCUT2D eigenvalue weighted by atomic mass is 10.0. The Balaban J connectivity index is 1.73. The van der Waals surface area contributed by atoms with Crippen molar-refractivity contribution in [1.29, 1.82) is 0 Å². The average molecular weight is 342 g/mol. The van der Waals surface area contributed by atoms with Crippen LogP contribution >= 0.6 is 0 Å². The van der Waals surface area contributed by atoms with Crippen LogP contribution in [0.3, 0.4) is 0 Å². The number of nitrogens with zero attached hydrogens (tertiary/aromatic N) is 3. The fraction of sp³-hybridized carbons (Fsp3) is 0.444. The lowest BCUT2D eigenvalue weighted by Crippen LogP contribution is -2.28. The molecule has 1 atom stereocenters. The number of aryl methyl sites for hydroxylation is 1. The number of carbonyl (C=O) groups excluding carboxylic acids is 1. The standard InChI is InChI=1S/C18H22N4O3/c1-13(10-21-17(23)5-2-6-18(24)25)7-8-14-11-20-16-12-19-9-3-4-15(16)22-14/h4,9,11-13H,2,5-8,10H2,1H3,(H,21,23)(H,24,25). The summed E-state index contributed by atoms with van der Waals surface area (Å²) in [5.74, 6) is -0.685. The molecule has 1 aliphatic heterocycles. The minimum absolute atomic E-state index is 0.0221. The molecular formula is C18H22N4O3. The molecule has 0 saturated carbocycles. The molecule has 0 aromatic carbocycles. The number of carbonyl (C=O) groups is 2. The molecule has 1 aromatic rings. The molecule has 1 aromatic heterocycles. The Morgan fingerprint density at radius 1 is 1.32 bits per heavy atom. The van der Waals surface area contributed by atoms with Gasteiger partial charge >= 0.3 is 5.97 Å². The molecule has 7 heteroatoms. The van der Waals surface area contributed by atoms with Crippen molar-refractivity contribution in [2.24, 2.45) is 10.9 Å². The highest BCUT2D eigenvalue weighted by molar-refractivity contribution is 5.83. The van der Waals surface area contributed by atoms with Gasteiger partial charge in [0.1, 0.15) is 5.69 Å². The first-order chi connectivity index (χ1) is 12.0. The molecule has 0 bridgehead atoms. The fourth-order valence-electron chi connectivity index (χ4n) is 2.32. The van der Waals surface area contributed by atoms with Gasteiger partial charge in [0.05, 0.1) is 23.8 Å². The van der Waals surface area contributed by atoms with Crippen LogP contribution in [-0.2, 0) is 16.0 Å². The van der Waals surface area contributed by atoms with Gasteiger partial charge in [-0.25, -0.2) is 4.98 Å². The van der Waals surface area contributed by atoms with Crippen molar-refractivity contribution < 1.29 is 14.7 Å². The van der Waals surface area contributed by atoms with E-state index in [1.165, 1.54) is 0 Å². The second-order valence-corrected chi connectivity index (χ2v) is 6.05. The predicted molar refractivity (Wildman–Crippen MR) is 94.2 cm³/mol. The van der Waals surface area contributed by atoms with E-state index in [0.29, 0.717) is 18.9 Å². The molecule has 1 aliphatic rings. The number of aliphatic imine (C=N–C) groups is 1. The van der Waals surface area contributed by atoms with Gasteiger partial charge in [-0.2, -0.15) is 0 Å². The van der Waals surface area contributed by atoms with Crippen LogP contribution in [0.15, 0.2) is 23.1 Å². The number of carboxylic acids is 1. The molecule has 1 unspecified atom stereocenters. The molecule has 25 heavy (non-hydrogen) atoms. The topological polar surface area (TPSA) is 105 Å². The van der Waals surface area contributed by atoms with Gasteiger partial charge in [0.15, 0.2) is 0 Å². The number of carboxylic acid groups (broad SMARTS) is 1. The first kappa shape index (κ1) is 18.5. The summed E-state index contributed by atoms with van der Waals surface area (Å²) in [5.41, 5.74) is 5.30. The van der Waals surface area contributed by atoms with E-state index in [1.54, 1.807) is 24.7 Å². The quantitative estimate of drug-likeness (QED) is 0.668. The summed E-state index contributed by atoms with van der Waals surface area (Å²) in [6, 6.07) is 0. The van der Waals surface area contributed by atoms with Gasteiger partial charge in [-0.1, -0.05) is 12.7 Å². The summed E-state index contributed by atoms with van der Waals surface area (Å²) in [5, 5.41) is 11.4. The lowest BCUT2D eigenvalue weighted by Gasteiger charge is -2.12. The summed E-state index contributed by atoms with van der Waals surface area (Å²) in [4.78, 5) is 35.0. The van der Waals surface area contributed by atoms with E-state index in [0.717, 1.165) is 29.9 Å². The third kappa shape index (κ3) is 6.69. The van der Waals surface area contributed by atoms with Gasteiger partial charge in [-0.15, -0.1) is 0 Å². The van der Waals surface area contributed by atoms with Crippen LogP contribution in [0.2, 0.25) is 0 Å². The maximum absolute atomic E-state index is 11.6. The van der Waals surface area contributed by atoms with Crippen molar-refractivity contribution in [3.63, 3.8) is 0 Å². The van der Waals surface area contributed by atoms with E-state index in [2.05, 4.69) is 32.9 Å². The third-order valence-electron chi connectivity index (χ3n) is 3.78. The molecule has 2 rings (SSSR count). The number of amides is 1. The highest BCUT2D eigenvalue weighted by atomic mass is 16.4. The number of hydrogen-bond acceptors (Lipinski definition) is 5. The van der Waals surface area contributed by atoms with Crippen LogP contribution in [0.1, 0.15) is 49.7 Å². The van der Waals surface area contributed by atoms with E-state index in [1.807, 2.05) is 0 Å². The van der Waals surface area contributed by atoms with Crippen molar-refractivity contribution in [2.45, 2.75) is 39.0 Å². The molecular weight excluding hydrogens is 320 g/mol. The third-order valence-corrected chi connectivity index (χ3v) is 3.78. The Bertz CT molecular complexity index is 721. The molecule has 132 valence electrons. The van der Waals surface area contributed by atoms with Gasteiger partial charge in [0, 0.05) is 31.7 Å². The molecule has 7 nitrogen and oxygen atoms in total. The first-order valence-corrected chi connectivity index (χ1v) is 8.33. The van der Waals surface area contributed by atoms with Gasteiger partial charge < -0.3 is 10.4 Å². The van der Waals surface area contributed by atoms with Crippen molar-refractivity contribution in [3.05, 3.63) is 35.2 Å². The zero-order valence-electron chi connectivity index (χ0n) is 14.2. The SMILES string of the molecule is CC(CCc1cnc2c(n1)C=C=CN=C2)CNC(=O)CCCC(=O)O. The Morgan fingerprint density at radius 3 is 2.96 bits per heavy atom. The summed E-state index contributed by atoms with van der Waals surface area (Å²) in [6.07, 6.45) is 9.02. The molecule has 2 N–H and O–H groups in total. The Hall–Kier alpha value is -2.79. The Morgan fingerprint density at radius 2 is 2.16 bits per heavy atom. The molecule has 2 heterocycles. The zero-order chi connectivity index (χ0) is 18.1. The summed E-state index contributed by atoms with van der Waals surface area (Å²) >= 11 is 0. The molecule has 0 fully saturated rings. The van der Waals surface area contributed by atoms with E-state index >= 15 is 0 Å². The Kier molecular flexibility index (Phi) is 7.04. The summed E-state index contributed by atoms with van der Waals surface area (Å²) in [7, 11) is 0. The van der Waals surface area contributed by atoms with Gasteiger partial charge in [-0.3, -0.25) is 19.6 Å². The predicted octanol–water partition coefficient (Wildman–Crippen LogP) is 1.97. The summed E-state index contributed by atoms with van der Waals surface area (Å²) < 4.78 is 0. The highest BCUT2D eigenvalue weighted by Crippen LogP contribution is 2.11. The maximum Gasteiger partial charge on any atom is 0.303 e. The Labute approximate surface area is 146 Å². The minimum Gasteiger partial charge on any atom is -0.481 e. The lowest BCUT2D eigenvalue weighted by molar-refractivity contribution is -0.137. The molecule has 0 aliphatic carbocycles. The number of nitrogens with one attached hydrogen (secondary N) is 1. The van der Waals surface area contributed by atoms with E-state index in [4.69, 9.17) is 5.11 Å². The normalized spacial score (nSPS) is 13.2. The first-order valence-electron chi connectivity index (χ1n) is 8.33. The monoisotopic (exact) mass is 342 g/mol. The summed E-state index contributed by atoms with van der Waals surface area (Å²) in [6.45, 7) is 2.63. The smallest absolute Gasteiger partial charge is 0.303 e. The second kappa shape index (κ2) is 9.49. The molecule has 0 saturated heterocycles. The van der Waals surface area contributed by atoms with E-state index in [-0.39, 0.29) is 18.7 Å². The number of rotatable bonds is 9. The number of aliphatic carboxylic acids is 1. The van der Waals surface area contributed by atoms with Crippen molar-refractivity contribution in [2.75, 3.05) is 6.54 Å². The van der Waals surface area contributed by atoms with Crippen LogP contribution in [0.25, 0.3) is 6.08 Å². The number of aromatic nitrogens is 2. The van der Waals surface area contributed by atoms with E-state index in [9.17, 15) is 9.59 Å². The zero-order valence-corrected chi connectivity index (χ0v) is 14.2. The number of hydrogen-bond donors (Lipinski definition) is 2. The van der Waals surface area contributed by atoms with Crippen LogP contribution in [-0.4, -0.2) is 39.7 Å². The second-order valence-electron chi connectivity index (χ2n) is 6.05. The average Bonchev–Trinajstić information content (AvgIpc) is 2.82. The minimum atomic E-state index is -0.875. The van der Waals surface area contributed by atoms with Crippen LogP contribution in [0, 0.1) is 5.92 Å². The van der Waals surface area contributed by atoms with Crippen LogP contribution in [0.4, 0.5) is 0 Å². The molecule has 0 spiro atoms. The fourth-order valence-corrected chi connectivity index (χ4v) is 2.32. The van der Waals surface area contributed by atoms with Crippen LogP contribution < -0.4 is 5.32 Å². The van der Waals surface area contributed by atoms with Crippen molar-refractivity contribution in [3.8, 4) is 0 Å². The van der Waals surface area contributed by atoms with Gasteiger partial charge in [0.2, 0.25) is 5.91 Å². The van der Waals surface area contributed by atoms with Gasteiger partial charge in [0.25, 0.3) is 0 Å². The molecule has 1 amide bonds. The van der Waals surface area contributed by atoms with Crippen molar-refractivity contribution >= 4 is 24.2 Å².